The summed E-state index contributed by atoms with van der Waals surface area (Å²) in [5.74, 6) is 1.14. The smallest absolute Gasteiger partial charge is 0.224 e. The average molecular weight is 418 g/mol. The highest BCUT2D eigenvalue weighted by Crippen LogP contribution is 2.22. The van der Waals surface area contributed by atoms with Gasteiger partial charge in [-0.2, -0.15) is 0 Å². The van der Waals surface area contributed by atoms with E-state index in [-0.39, 0.29) is 35.8 Å². The first-order chi connectivity index (χ1) is 10.2. The highest BCUT2D eigenvalue weighted by molar-refractivity contribution is 14.0. The Balaban J connectivity index is 0.00000242. The molecule has 0 atom stereocenters. The molecule has 0 saturated carbocycles. The van der Waals surface area contributed by atoms with Gasteiger partial charge in [-0.1, -0.05) is 12.1 Å². The Morgan fingerprint density at radius 2 is 2.05 bits per heavy atom. The summed E-state index contributed by atoms with van der Waals surface area (Å²) in [7, 11) is 1.60. The van der Waals surface area contributed by atoms with E-state index in [2.05, 4.69) is 10.3 Å². The number of carbonyl (C=O) groups is 1. The molecule has 0 aliphatic carbocycles. The molecule has 7 heteroatoms. The van der Waals surface area contributed by atoms with Crippen molar-refractivity contribution in [2.24, 2.45) is 10.7 Å². The molecule has 6 nitrogen and oxygen atoms in total. The van der Waals surface area contributed by atoms with Crippen molar-refractivity contribution in [2.45, 2.75) is 19.3 Å². The first kappa shape index (κ1) is 18.5. The number of nitrogens with two attached hydrogens (primary N) is 1. The Hall–Kier alpha value is -1.51. The van der Waals surface area contributed by atoms with Crippen LogP contribution in [0.5, 0.6) is 5.75 Å². The number of nitrogens with zero attached hydrogens (tertiary/aromatic N) is 2. The topological polar surface area (TPSA) is 80.0 Å². The fraction of sp³-hybridized carbons (Fsp3) is 0.467. The van der Waals surface area contributed by atoms with Gasteiger partial charge in [0.2, 0.25) is 5.91 Å². The van der Waals surface area contributed by atoms with Crippen LogP contribution in [0.1, 0.15) is 19.3 Å². The van der Waals surface area contributed by atoms with Gasteiger partial charge in [0.1, 0.15) is 5.75 Å². The third-order valence-corrected chi connectivity index (χ3v) is 3.44. The third kappa shape index (κ3) is 5.36. The molecule has 0 spiro atoms. The van der Waals surface area contributed by atoms with Crippen molar-refractivity contribution >= 4 is 41.5 Å². The van der Waals surface area contributed by atoms with Crippen molar-refractivity contribution in [3.05, 3.63) is 24.3 Å². The number of halogens is 1. The van der Waals surface area contributed by atoms with E-state index in [9.17, 15) is 4.79 Å². The molecule has 3 N–H and O–H groups in total. The SMILES string of the molecule is COc1ccccc1NC(N)=NCCC(=O)N1CCCC1.I. The van der Waals surface area contributed by atoms with Gasteiger partial charge in [-0.15, -0.1) is 24.0 Å². The molecule has 122 valence electrons. The van der Waals surface area contributed by atoms with Crippen molar-refractivity contribution in [1.29, 1.82) is 0 Å². The molecule has 0 unspecified atom stereocenters. The summed E-state index contributed by atoms with van der Waals surface area (Å²) in [4.78, 5) is 17.9. The van der Waals surface area contributed by atoms with E-state index >= 15 is 0 Å². The zero-order valence-corrected chi connectivity index (χ0v) is 15.1. The van der Waals surface area contributed by atoms with Crippen molar-refractivity contribution in [2.75, 3.05) is 32.1 Å². The van der Waals surface area contributed by atoms with Gasteiger partial charge in [0.15, 0.2) is 5.96 Å². The molecule has 0 aromatic heterocycles. The lowest BCUT2D eigenvalue weighted by Crippen LogP contribution is -2.28. The fourth-order valence-electron chi connectivity index (χ4n) is 2.32. The Kier molecular flexibility index (Phi) is 8.00. The number of nitrogens with one attached hydrogen (secondary N) is 1. The number of amides is 1. The van der Waals surface area contributed by atoms with Gasteiger partial charge < -0.3 is 20.7 Å². The summed E-state index contributed by atoms with van der Waals surface area (Å²) in [6.07, 6.45) is 2.60. The fourth-order valence-corrected chi connectivity index (χ4v) is 2.32. The normalized spacial score (nSPS) is 14.4. The minimum Gasteiger partial charge on any atom is -0.495 e. The van der Waals surface area contributed by atoms with E-state index < -0.39 is 0 Å². The number of hydrogen-bond acceptors (Lipinski definition) is 3. The first-order valence-corrected chi connectivity index (χ1v) is 7.18. The molecule has 22 heavy (non-hydrogen) atoms. The Morgan fingerprint density at radius 3 is 2.73 bits per heavy atom. The van der Waals surface area contributed by atoms with E-state index in [1.807, 2.05) is 29.2 Å². The minimum absolute atomic E-state index is 0. The second-order valence-corrected chi connectivity index (χ2v) is 4.93. The lowest BCUT2D eigenvalue weighted by molar-refractivity contribution is -0.129. The monoisotopic (exact) mass is 418 g/mol. The summed E-state index contributed by atoms with van der Waals surface area (Å²) in [6, 6.07) is 7.46. The molecule has 1 heterocycles. The number of aliphatic imine (C=N–C) groups is 1. The average Bonchev–Trinajstić information content (AvgIpc) is 3.02. The van der Waals surface area contributed by atoms with Crippen molar-refractivity contribution in [3.8, 4) is 5.75 Å². The number of rotatable bonds is 5. The Morgan fingerprint density at radius 1 is 1.36 bits per heavy atom. The molecule has 1 aliphatic rings. The van der Waals surface area contributed by atoms with Crippen LogP contribution in [0.15, 0.2) is 29.3 Å². The predicted octanol–water partition coefficient (Wildman–Crippen LogP) is 2.05. The summed E-state index contributed by atoms with van der Waals surface area (Å²) in [6.45, 7) is 2.14. The van der Waals surface area contributed by atoms with Gasteiger partial charge in [-0.05, 0) is 25.0 Å². The number of ether oxygens (including phenoxy) is 1. The number of anilines is 1. The van der Waals surface area contributed by atoms with Gasteiger partial charge in [-0.3, -0.25) is 9.79 Å². The number of benzene rings is 1. The third-order valence-electron chi connectivity index (χ3n) is 3.44. The molecule has 1 aromatic carbocycles. The quantitative estimate of drug-likeness (QED) is 0.436. The van der Waals surface area contributed by atoms with Crippen LogP contribution >= 0.6 is 24.0 Å². The maximum Gasteiger partial charge on any atom is 0.224 e. The zero-order valence-electron chi connectivity index (χ0n) is 12.7. The zero-order chi connectivity index (χ0) is 15.1. The van der Waals surface area contributed by atoms with E-state index in [1.165, 1.54) is 0 Å². The van der Waals surface area contributed by atoms with Gasteiger partial charge >= 0.3 is 0 Å². The second kappa shape index (κ2) is 9.50. The molecule has 1 aliphatic heterocycles. The van der Waals surface area contributed by atoms with Gasteiger partial charge in [0.05, 0.1) is 19.3 Å². The van der Waals surface area contributed by atoms with Crippen molar-refractivity contribution in [1.82, 2.24) is 4.90 Å². The number of hydrogen-bond donors (Lipinski definition) is 2. The minimum atomic E-state index is 0. The van der Waals surface area contributed by atoms with Crippen molar-refractivity contribution < 1.29 is 9.53 Å². The van der Waals surface area contributed by atoms with Crippen LogP contribution in [0.3, 0.4) is 0 Å². The number of carbonyl (C=O) groups excluding carboxylic acids is 1. The molecular formula is C15H23IN4O2. The van der Waals surface area contributed by atoms with Crippen LogP contribution in [-0.4, -0.2) is 43.5 Å². The number of para-hydroxylation sites is 2. The predicted molar refractivity (Wildman–Crippen MR) is 99.0 cm³/mol. The number of likely N-dealkylation sites (tertiary alicyclic amines) is 1. The molecular weight excluding hydrogens is 395 g/mol. The van der Waals surface area contributed by atoms with Gasteiger partial charge in [0, 0.05) is 19.5 Å². The van der Waals surface area contributed by atoms with E-state index in [4.69, 9.17) is 10.5 Å². The van der Waals surface area contributed by atoms with Gasteiger partial charge in [0.25, 0.3) is 0 Å². The van der Waals surface area contributed by atoms with Crippen molar-refractivity contribution in [3.63, 3.8) is 0 Å². The van der Waals surface area contributed by atoms with E-state index in [0.717, 1.165) is 31.6 Å². The summed E-state index contributed by atoms with van der Waals surface area (Å²) in [5.41, 5.74) is 6.58. The lowest BCUT2D eigenvalue weighted by atomic mass is 10.3. The standard InChI is InChI=1S/C15H22N4O2.HI/c1-21-13-7-3-2-6-12(13)18-15(16)17-9-8-14(20)19-10-4-5-11-19;/h2-3,6-7H,4-5,8-11H2,1H3,(H3,16,17,18);1H. The second-order valence-electron chi connectivity index (χ2n) is 4.93. The Labute approximate surface area is 148 Å². The summed E-state index contributed by atoms with van der Waals surface area (Å²) >= 11 is 0. The maximum atomic E-state index is 11.9. The summed E-state index contributed by atoms with van der Waals surface area (Å²) < 4.78 is 5.22. The van der Waals surface area contributed by atoms with Crippen LogP contribution in [-0.2, 0) is 4.79 Å². The molecule has 1 amide bonds. The largest absolute Gasteiger partial charge is 0.495 e. The lowest BCUT2D eigenvalue weighted by Gasteiger charge is -2.14. The van der Waals surface area contributed by atoms with Crippen LogP contribution in [0, 0.1) is 0 Å². The molecule has 1 aromatic rings. The maximum absolute atomic E-state index is 11.9. The molecule has 1 saturated heterocycles. The van der Waals surface area contributed by atoms with Gasteiger partial charge in [-0.25, -0.2) is 0 Å². The molecule has 0 radical (unpaired) electrons. The molecule has 2 rings (SSSR count). The van der Waals surface area contributed by atoms with Crippen LogP contribution in [0.25, 0.3) is 0 Å². The highest BCUT2D eigenvalue weighted by Gasteiger charge is 2.16. The highest BCUT2D eigenvalue weighted by atomic mass is 127. The van der Waals surface area contributed by atoms with Crippen LogP contribution in [0.4, 0.5) is 5.69 Å². The van der Waals surface area contributed by atoms with E-state index in [1.54, 1.807) is 7.11 Å². The number of methoxy groups -OCH3 is 1. The number of guanidine groups is 1. The first-order valence-electron chi connectivity index (χ1n) is 7.18. The van der Waals surface area contributed by atoms with Crippen LogP contribution < -0.4 is 15.8 Å². The van der Waals surface area contributed by atoms with Crippen LogP contribution in [0.2, 0.25) is 0 Å². The molecule has 1 fully saturated rings. The summed E-state index contributed by atoms with van der Waals surface area (Å²) in [5, 5.41) is 2.98. The van der Waals surface area contributed by atoms with E-state index in [0.29, 0.717) is 18.7 Å². The Bertz CT molecular complexity index is 516. The molecule has 0 bridgehead atoms.